The Morgan fingerprint density at radius 3 is 2.70 bits per heavy atom. The molecule has 1 aliphatic heterocycles. The molecule has 8 heteroatoms. The second-order valence-corrected chi connectivity index (χ2v) is 7.70. The first-order chi connectivity index (χ1) is 14.0. The van der Waals surface area contributed by atoms with E-state index < -0.39 is 0 Å². The summed E-state index contributed by atoms with van der Waals surface area (Å²) in [6, 6.07) is 11.7. The molecule has 1 amide bonds. The summed E-state index contributed by atoms with van der Waals surface area (Å²) in [6.45, 7) is 3.67. The van der Waals surface area contributed by atoms with E-state index >= 15 is 0 Å². The number of nitrogens with one attached hydrogen (secondary N) is 2. The number of benzene rings is 2. The Morgan fingerprint density at radius 1 is 1.23 bits per heavy atom. The van der Waals surface area contributed by atoms with E-state index in [2.05, 4.69) is 15.7 Å². The van der Waals surface area contributed by atoms with Gasteiger partial charge in [-0.1, -0.05) is 23.7 Å². The number of anilines is 1. The second kappa shape index (κ2) is 9.60. The fraction of sp³-hybridized carbons (Fsp3) is 0.273. The summed E-state index contributed by atoms with van der Waals surface area (Å²) < 4.78 is 15.5. The lowest BCUT2D eigenvalue weighted by Gasteiger charge is -2.24. The summed E-state index contributed by atoms with van der Waals surface area (Å²) in [5.74, 6) is -0.463. The largest absolute Gasteiger partial charge is 0.321 e. The van der Waals surface area contributed by atoms with E-state index in [1.165, 1.54) is 12.1 Å². The molecule has 3 aromatic rings. The SMILES string of the molecule is Cc1ccc(NC(=O)c2cnn(-c3cccc(F)c3)c2C2CCNCC2)c(Cl)c1.Cl. The van der Waals surface area contributed by atoms with Gasteiger partial charge in [-0.05, 0) is 68.8 Å². The summed E-state index contributed by atoms with van der Waals surface area (Å²) in [7, 11) is 0. The lowest BCUT2D eigenvalue weighted by atomic mass is 9.91. The summed E-state index contributed by atoms with van der Waals surface area (Å²) in [4.78, 5) is 13.1. The van der Waals surface area contributed by atoms with Gasteiger partial charge >= 0.3 is 0 Å². The maximum Gasteiger partial charge on any atom is 0.259 e. The number of carbonyl (C=O) groups excluding carboxylic acids is 1. The fourth-order valence-corrected chi connectivity index (χ4v) is 4.03. The van der Waals surface area contributed by atoms with Crippen molar-refractivity contribution in [1.82, 2.24) is 15.1 Å². The number of amides is 1. The Labute approximate surface area is 186 Å². The van der Waals surface area contributed by atoms with Gasteiger partial charge in [0.15, 0.2) is 0 Å². The average molecular weight is 449 g/mol. The van der Waals surface area contributed by atoms with Gasteiger partial charge in [0.25, 0.3) is 5.91 Å². The van der Waals surface area contributed by atoms with E-state index in [0.29, 0.717) is 22.0 Å². The monoisotopic (exact) mass is 448 g/mol. The number of hydrogen-bond acceptors (Lipinski definition) is 3. The highest BCUT2D eigenvalue weighted by molar-refractivity contribution is 6.34. The van der Waals surface area contributed by atoms with Gasteiger partial charge in [0, 0.05) is 5.92 Å². The number of hydrogen-bond donors (Lipinski definition) is 2. The molecule has 0 aliphatic carbocycles. The molecule has 30 heavy (non-hydrogen) atoms. The van der Waals surface area contributed by atoms with Crippen LogP contribution in [0.4, 0.5) is 10.1 Å². The van der Waals surface area contributed by atoms with Gasteiger partial charge in [-0.25, -0.2) is 9.07 Å². The van der Waals surface area contributed by atoms with Crippen molar-refractivity contribution in [2.24, 2.45) is 0 Å². The molecule has 4 rings (SSSR count). The Kier molecular flexibility index (Phi) is 7.13. The highest BCUT2D eigenvalue weighted by Crippen LogP contribution is 2.31. The lowest BCUT2D eigenvalue weighted by Crippen LogP contribution is -2.29. The molecule has 2 heterocycles. The van der Waals surface area contributed by atoms with E-state index in [1.54, 1.807) is 35.1 Å². The molecule has 0 bridgehead atoms. The molecule has 1 fully saturated rings. The smallest absolute Gasteiger partial charge is 0.259 e. The normalized spacial score (nSPS) is 14.2. The van der Waals surface area contributed by atoms with Crippen molar-refractivity contribution in [3.63, 3.8) is 0 Å². The highest BCUT2D eigenvalue weighted by Gasteiger charge is 2.27. The van der Waals surface area contributed by atoms with E-state index in [-0.39, 0.29) is 30.0 Å². The zero-order valence-corrected chi connectivity index (χ0v) is 18.1. The van der Waals surface area contributed by atoms with Crippen LogP contribution < -0.4 is 10.6 Å². The molecule has 0 radical (unpaired) electrons. The first-order valence-electron chi connectivity index (χ1n) is 9.65. The van der Waals surface area contributed by atoms with Crippen molar-refractivity contribution in [2.45, 2.75) is 25.7 Å². The third-order valence-corrected chi connectivity index (χ3v) is 5.52. The predicted molar refractivity (Wildman–Crippen MR) is 120 cm³/mol. The van der Waals surface area contributed by atoms with E-state index in [0.717, 1.165) is 37.2 Å². The molecule has 158 valence electrons. The van der Waals surface area contributed by atoms with Gasteiger partial charge in [0.2, 0.25) is 0 Å². The minimum absolute atomic E-state index is 0. The summed E-state index contributed by atoms with van der Waals surface area (Å²) in [6.07, 6.45) is 3.32. The predicted octanol–water partition coefficient (Wildman–Crippen LogP) is 5.11. The Hall–Kier alpha value is -2.41. The number of aromatic nitrogens is 2. The van der Waals surface area contributed by atoms with Crippen LogP contribution in [-0.4, -0.2) is 28.8 Å². The van der Waals surface area contributed by atoms with Crippen molar-refractivity contribution in [3.05, 3.63) is 76.3 Å². The minimum atomic E-state index is -0.341. The third-order valence-electron chi connectivity index (χ3n) is 5.20. The Balaban J connectivity index is 0.00000256. The maximum absolute atomic E-state index is 13.8. The zero-order chi connectivity index (χ0) is 20.4. The second-order valence-electron chi connectivity index (χ2n) is 7.30. The molecule has 0 saturated carbocycles. The average Bonchev–Trinajstić information content (AvgIpc) is 3.16. The molecule has 0 atom stereocenters. The molecule has 1 saturated heterocycles. The molecule has 5 nitrogen and oxygen atoms in total. The molecular formula is C22H23Cl2FN4O. The van der Waals surface area contributed by atoms with Crippen LogP contribution in [0.5, 0.6) is 0 Å². The van der Waals surface area contributed by atoms with Gasteiger partial charge in [0.1, 0.15) is 5.82 Å². The van der Waals surface area contributed by atoms with Crippen molar-refractivity contribution in [1.29, 1.82) is 0 Å². The topological polar surface area (TPSA) is 59.0 Å². The Bertz CT molecular complexity index is 1050. The van der Waals surface area contributed by atoms with Crippen LogP contribution >= 0.6 is 24.0 Å². The number of nitrogens with zero attached hydrogens (tertiary/aromatic N) is 2. The van der Waals surface area contributed by atoms with Crippen LogP contribution in [0.2, 0.25) is 5.02 Å². The summed E-state index contributed by atoms with van der Waals surface area (Å²) in [5, 5.41) is 11.2. The molecule has 1 aliphatic rings. The van der Waals surface area contributed by atoms with E-state index in [9.17, 15) is 9.18 Å². The van der Waals surface area contributed by atoms with Crippen LogP contribution in [0.3, 0.4) is 0 Å². The molecule has 2 N–H and O–H groups in total. The minimum Gasteiger partial charge on any atom is -0.321 e. The van der Waals surface area contributed by atoms with Crippen LogP contribution in [0, 0.1) is 12.7 Å². The molecule has 1 aromatic heterocycles. The van der Waals surface area contributed by atoms with Crippen molar-refractivity contribution < 1.29 is 9.18 Å². The van der Waals surface area contributed by atoms with Gasteiger partial charge in [0.05, 0.1) is 33.9 Å². The summed E-state index contributed by atoms with van der Waals surface area (Å²) >= 11 is 6.28. The molecule has 0 spiro atoms. The summed E-state index contributed by atoms with van der Waals surface area (Å²) in [5.41, 5.74) is 3.46. The van der Waals surface area contributed by atoms with Crippen molar-refractivity contribution in [2.75, 3.05) is 18.4 Å². The molecule has 0 unspecified atom stereocenters. The highest BCUT2D eigenvalue weighted by atomic mass is 35.5. The maximum atomic E-state index is 13.8. The van der Waals surface area contributed by atoms with Gasteiger partial charge in [-0.3, -0.25) is 4.79 Å². The van der Waals surface area contributed by atoms with Crippen LogP contribution in [-0.2, 0) is 0 Å². The zero-order valence-electron chi connectivity index (χ0n) is 16.5. The number of aryl methyl sites for hydroxylation is 1. The van der Waals surface area contributed by atoms with E-state index in [4.69, 9.17) is 11.6 Å². The first-order valence-corrected chi connectivity index (χ1v) is 10.0. The number of carbonyl (C=O) groups is 1. The van der Waals surface area contributed by atoms with Crippen LogP contribution in [0.25, 0.3) is 5.69 Å². The quantitative estimate of drug-likeness (QED) is 0.582. The molecule has 2 aromatic carbocycles. The Morgan fingerprint density at radius 2 is 2.00 bits per heavy atom. The number of rotatable bonds is 4. The fourth-order valence-electron chi connectivity index (χ4n) is 3.75. The van der Waals surface area contributed by atoms with Crippen LogP contribution in [0.15, 0.2) is 48.7 Å². The standard InChI is InChI=1S/C22H22ClFN4O.ClH/c1-14-5-6-20(19(23)11-14)27-22(29)18-13-26-28(17-4-2-3-16(24)12-17)21(18)15-7-9-25-10-8-15;/h2-6,11-13,15,25H,7-10H2,1H3,(H,27,29);1H. The van der Waals surface area contributed by atoms with E-state index in [1.807, 2.05) is 13.0 Å². The first kappa shape index (κ1) is 22.3. The van der Waals surface area contributed by atoms with Gasteiger partial charge in [-0.2, -0.15) is 5.10 Å². The van der Waals surface area contributed by atoms with Gasteiger partial charge in [-0.15, -0.1) is 12.4 Å². The van der Waals surface area contributed by atoms with Gasteiger partial charge < -0.3 is 10.6 Å². The van der Waals surface area contributed by atoms with Crippen LogP contribution in [0.1, 0.15) is 40.4 Å². The number of halogens is 3. The van der Waals surface area contributed by atoms with Crippen molar-refractivity contribution >= 4 is 35.6 Å². The third kappa shape index (κ3) is 4.67. The number of piperidine rings is 1. The molecular weight excluding hydrogens is 426 g/mol. The lowest BCUT2D eigenvalue weighted by molar-refractivity contribution is 0.102. The van der Waals surface area contributed by atoms with Crippen molar-refractivity contribution in [3.8, 4) is 5.69 Å².